The molecule has 0 amide bonds. The van der Waals surface area contributed by atoms with E-state index in [1.165, 1.54) is 11.8 Å². The Labute approximate surface area is 148 Å². The summed E-state index contributed by atoms with van der Waals surface area (Å²) >= 11 is 1.24. The molecule has 1 aromatic rings. The van der Waals surface area contributed by atoms with Gasteiger partial charge in [-0.15, -0.1) is 0 Å². The lowest BCUT2D eigenvalue weighted by molar-refractivity contribution is -0.109. The minimum Gasteiger partial charge on any atom is -0.400 e. The van der Waals surface area contributed by atoms with E-state index in [1.807, 2.05) is 58.0 Å². The Morgan fingerprint density at radius 3 is 2.38 bits per heavy atom. The van der Waals surface area contributed by atoms with Crippen molar-refractivity contribution < 1.29 is 14.1 Å². The van der Waals surface area contributed by atoms with Crippen molar-refractivity contribution in [2.45, 2.75) is 45.8 Å². The Morgan fingerprint density at radius 2 is 1.83 bits per heavy atom. The van der Waals surface area contributed by atoms with E-state index in [0.717, 1.165) is 16.7 Å². The summed E-state index contributed by atoms with van der Waals surface area (Å²) in [5, 5.41) is 0.0580. The number of carbonyl (C=O) groups is 1. The lowest BCUT2D eigenvalue weighted by atomic mass is 9.78. The standard InChI is InChI=1S/C17H25BN2O3S/c1-12(21)24-11-14(10-13-8-6-7-9-15(13)20-19)18-22-16(2,3)17(4,5)23-18/h6-10,20H,11,19H2,1-5H3. The van der Waals surface area contributed by atoms with E-state index in [-0.39, 0.29) is 5.12 Å². The highest BCUT2D eigenvalue weighted by atomic mass is 32.2. The van der Waals surface area contributed by atoms with Crippen LogP contribution in [0.15, 0.2) is 29.7 Å². The predicted molar refractivity (Wildman–Crippen MR) is 101 cm³/mol. The third-order valence-corrected chi connectivity index (χ3v) is 5.34. The van der Waals surface area contributed by atoms with Gasteiger partial charge in [0.05, 0.1) is 16.9 Å². The van der Waals surface area contributed by atoms with Crippen molar-refractivity contribution in [3.8, 4) is 0 Å². The van der Waals surface area contributed by atoms with Gasteiger partial charge >= 0.3 is 7.12 Å². The molecule has 1 saturated heterocycles. The van der Waals surface area contributed by atoms with Crippen molar-refractivity contribution in [3.05, 3.63) is 35.3 Å². The van der Waals surface area contributed by atoms with Crippen molar-refractivity contribution in [2.75, 3.05) is 11.2 Å². The van der Waals surface area contributed by atoms with Gasteiger partial charge in [-0.2, -0.15) is 0 Å². The number of carbonyl (C=O) groups excluding carboxylic acids is 1. The maximum atomic E-state index is 11.4. The van der Waals surface area contributed by atoms with Gasteiger partial charge in [0.15, 0.2) is 5.12 Å². The summed E-state index contributed by atoms with van der Waals surface area (Å²) in [6, 6.07) is 7.70. The van der Waals surface area contributed by atoms with Crippen LogP contribution in [-0.4, -0.2) is 29.2 Å². The summed E-state index contributed by atoms with van der Waals surface area (Å²) in [5.41, 5.74) is 4.46. The predicted octanol–water partition coefficient (Wildman–Crippen LogP) is 3.27. The largest absolute Gasteiger partial charge is 0.491 e. The van der Waals surface area contributed by atoms with Gasteiger partial charge < -0.3 is 14.7 Å². The average Bonchev–Trinajstić information content (AvgIpc) is 2.71. The quantitative estimate of drug-likeness (QED) is 0.483. The summed E-state index contributed by atoms with van der Waals surface area (Å²) in [4.78, 5) is 11.4. The number of rotatable bonds is 5. The van der Waals surface area contributed by atoms with Crippen LogP contribution in [0, 0.1) is 0 Å². The van der Waals surface area contributed by atoms with Gasteiger partial charge in [-0.1, -0.05) is 36.0 Å². The minimum absolute atomic E-state index is 0.0580. The van der Waals surface area contributed by atoms with Crippen LogP contribution < -0.4 is 11.3 Å². The molecule has 2 rings (SSSR count). The zero-order valence-electron chi connectivity index (χ0n) is 14.9. The summed E-state index contributed by atoms with van der Waals surface area (Å²) in [7, 11) is -0.493. The topological polar surface area (TPSA) is 73.6 Å². The van der Waals surface area contributed by atoms with Crippen molar-refractivity contribution in [1.29, 1.82) is 0 Å². The number of hydrogen-bond acceptors (Lipinski definition) is 6. The Hall–Kier alpha value is -1.28. The summed E-state index contributed by atoms with van der Waals surface area (Å²) in [5.74, 6) is 6.09. The number of nitrogens with one attached hydrogen (secondary N) is 1. The molecule has 24 heavy (non-hydrogen) atoms. The van der Waals surface area contributed by atoms with Crippen molar-refractivity contribution >= 4 is 35.8 Å². The van der Waals surface area contributed by atoms with Crippen molar-refractivity contribution in [2.24, 2.45) is 5.84 Å². The molecule has 7 heteroatoms. The number of hydrogen-bond donors (Lipinski definition) is 2. The summed E-state index contributed by atoms with van der Waals surface area (Å²) in [6.45, 7) is 9.61. The number of thioether (sulfide) groups is 1. The second-order valence-corrected chi connectivity index (χ2v) is 7.97. The smallest absolute Gasteiger partial charge is 0.400 e. The Morgan fingerprint density at radius 1 is 1.25 bits per heavy atom. The molecule has 0 unspecified atom stereocenters. The van der Waals surface area contributed by atoms with Crippen LogP contribution in [-0.2, 0) is 14.1 Å². The highest BCUT2D eigenvalue weighted by Gasteiger charge is 2.52. The van der Waals surface area contributed by atoms with Gasteiger partial charge in [0, 0.05) is 12.7 Å². The average molecular weight is 348 g/mol. The molecular weight excluding hydrogens is 323 g/mol. The van der Waals surface area contributed by atoms with E-state index in [2.05, 4.69) is 5.43 Å². The second kappa shape index (κ2) is 7.31. The number of benzene rings is 1. The van der Waals surface area contributed by atoms with E-state index in [1.54, 1.807) is 6.92 Å². The zero-order valence-corrected chi connectivity index (χ0v) is 15.7. The molecule has 0 spiro atoms. The third-order valence-electron chi connectivity index (χ3n) is 4.46. The molecule has 0 aliphatic carbocycles. The lowest BCUT2D eigenvalue weighted by Crippen LogP contribution is -2.41. The van der Waals surface area contributed by atoms with Crippen molar-refractivity contribution in [1.82, 2.24) is 0 Å². The molecular formula is C17H25BN2O3S. The maximum absolute atomic E-state index is 11.4. The van der Waals surface area contributed by atoms with Gasteiger partial charge in [0.2, 0.25) is 0 Å². The van der Waals surface area contributed by atoms with E-state index in [9.17, 15) is 4.79 Å². The lowest BCUT2D eigenvalue weighted by Gasteiger charge is -2.32. The Balaban J connectivity index is 2.35. The first-order chi connectivity index (χ1) is 11.2. The molecule has 3 N–H and O–H groups in total. The normalized spacial score (nSPS) is 19.4. The van der Waals surface area contributed by atoms with E-state index in [0.29, 0.717) is 5.75 Å². The molecule has 0 radical (unpaired) electrons. The maximum Gasteiger partial charge on any atom is 0.491 e. The SMILES string of the molecule is CC(=O)SCC(=Cc1ccccc1NN)B1OC(C)(C)C(C)(C)O1. The van der Waals surface area contributed by atoms with Crippen LogP contribution in [0.2, 0.25) is 0 Å². The first-order valence-electron chi connectivity index (χ1n) is 7.91. The summed E-state index contributed by atoms with van der Waals surface area (Å²) < 4.78 is 12.3. The number of anilines is 1. The number of nitrogen functional groups attached to an aromatic ring is 1. The Bertz CT molecular complexity index is 630. The number of para-hydroxylation sites is 1. The zero-order chi connectivity index (χ0) is 18.0. The molecule has 1 aliphatic heterocycles. The van der Waals surface area contributed by atoms with Gasteiger partial charge in [-0.25, -0.2) is 0 Å². The molecule has 5 nitrogen and oxygen atoms in total. The third kappa shape index (κ3) is 4.22. The van der Waals surface area contributed by atoms with Crippen LogP contribution in [0.4, 0.5) is 5.69 Å². The fraction of sp³-hybridized carbons (Fsp3) is 0.471. The highest BCUT2D eigenvalue weighted by molar-refractivity contribution is 8.13. The fourth-order valence-electron chi connectivity index (χ4n) is 2.31. The Kier molecular flexibility index (Phi) is 5.80. The van der Waals surface area contributed by atoms with E-state index < -0.39 is 18.3 Å². The van der Waals surface area contributed by atoms with Gasteiger partial charge in [0.25, 0.3) is 0 Å². The first-order valence-corrected chi connectivity index (χ1v) is 8.90. The molecule has 1 heterocycles. The van der Waals surface area contributed by atoms with Gasteiger partial charge in [-0.05, 0) is 44.8 Å². The number of nitrogens with two attached hydrogens (primary N) is 1. The molecule has 0 aromatic heterocycles. The molecule has 0 atom stereocenters. The monoisotopic (exact) mass is 348 g/mol. The van der Waals surface area contributed by atoms with Gasteiger partial charge in [-0.3, -0.25) is 10.6 Å². The minimum atomic E-state index is -0.493. The number of hydrazine groups is 1. The first kappa shape index (κ1) is 19.1. The van der Waals surface area contributed by atoms with Crippen LogP contribution in [0.1, 0.15) is 40.2 Å². The molecule has 0 bridgehead atoms. The van der Waals surface area contributed by atoms with Crippen LogP contribution in [0.25, 0.3) is 6.08 Å². The molecule has 1 aromatic carbocycles. The van der Waals surface area contributed by atoms with E-state index in [4.69, 9.17) is 15.2 Å². The van der Waals surface area contributed by atoms with Crippen molar-refractivity contribution in [3.63, 3.8) is 0 Å². The van der Waals surface area contributed by atoms with E-state index >= 15 is 0 Å². The molecule has 130 valence electrons. The second-order valence-electron chi connectivity index (χ2n) is 6.82. The van der Waals surface area contributed by atoms with Gasteiger partial charge in [0.1, 0.15) is 0 Å². The fourth-order valence-corrected chi connectivity index (χ4v) is 2.90. The van der Waals surface area contributed by atoms with Crippen LogP contribution >= 0.6 is 11.8 Å². The highest BCUT2D eigenvalue weighted by Crippen LogP contribution is 2.39. The molecule has 1 aliphatic rings. The summed E-state index contributed by atoms with van der Waals surface area (Å²) in [6.07, 6.45) is 1.98. The van der Waals surface area contributed by atoms with Crippen LogP contribution in [0.5, 0.6) is 0 Å². The molecule has 0 saturated carbocycles. The van der Waals surface area contributed by atoms with Crippen LogP contribution in [0.3, 0.4) is 0 Å². The molecule has 1 fully saturated rings.